The fraction of sp³-hybridized carbons (Fsp3) is 0.148. The van der Waals surface area contributed by atoms with Gasteiger partial charge in [0.05, 0.1) is 11.3 Å². The van der Waals surface area contributed by atoms with Crippen molar-refractivity contribution < 1.29 is 14.3 Å². The van der Waals surface area contributed by atoms with E-state index in [4.69, 9.17) is 27.9 Å². The summed E-state index contributed by atoms with van der Waals surface area (Å²) in [4.78, 5) is 40.9. The van der Waals surface area contributed by atoms with Crippen LogP contribution in [-0.4, -0.2) is 21.1 Å². The number of benzene rings is 3. The van der Waals surface area contributed by atoms with E-state index < -0.39 is 23.6 Å². The van der Waals surface area contributed by atoms with Crippen LogP contribution < -0.4 is 10.3 Å². The Morgan fingerprint density at radius 1 is 0.914 bits per heavy atom. The second-order valence-corrected chi connectivity index (χ2v) is 9.22. The van der Waals surface area contributed by atoms with E-state index in [-0.39, 0.29) is 27.5 Å². The Labute approximate surface area is 211 Å². The third-order valence-electron chi connectivity index (χ3n) is 6.44. The molecule has 8 heteroatoms. The number of Topliss-reactive ketones (excluding diaryl/α,β-unsaturated/α-hetero) is 1. The number of carbonyl (C=O) groups excluding carboxylic acids is 2. The van der Waals surface area contributed by atoms with E-state index in [1.807, 2.05) is 30.3 Å². The number of hydrogen-bond acceptors (Lipinski definition) is 4. The van der Waals surface area contributed by atoms with Gasteiger partial charge in [0.1, 0.15) is 11.7 Å². The van der Waals surface area contributed by atoms with E-state index in [0.717, 1.165) is 0 Å². The lowest BCUT2D eigenvalue weighted by Gasteiger charge is -2.29. The first-order valence-electron chi connectivity index (χ1n) is 10.9. The first kappa shape index (κ1) is 23.1. The van der Waals surface area contributed by atoms with Gasteiger partial charge in [-0.05, 0) is 48.9 Å². The van der Waals surface area contributed by atoms with Gasteiger partial charge < -0.3 is 4.74 Å². The second kappa shape index (κ2) is 8.87. The third-order valence-corrected chi connectivity index (χ3v) is 7.00. The monoisotopic (exact) mass is 506 g/mol. The van der Waals surface area contributed by atoms with Crippen LogP contribution in [0, 0.1) is 12.8 Å². The summed E-state index contributed by atoms with van der Waals surface area (Å²) < 4.78 is 8.77. The Morgan fingerprint density at radius 2 is 1.60 bits per heavy atom. The van der Waals surface area contributed by atoms with Crippen molar-refractivity contribution >= 4 is 35.0 Å². The first-order chi connectivity index (χ1) is 16.8. The van der Waals surface area contributed by atoms with Crippen molar-refractivity contribution in [1.82, 2.24) is 9.36 Å². The molecule has 5 rings (SSSR count). The zero-order chi connectivity index (χ0) is 24.9. The van der Waals surface area contributed by atoms with Crippen LogP contribution >= 0.6 is 23.2 Å². The van der Waals surface area contributed by atoms with Crippen molar-refractivity contribution in [1.29, 1.82) is 0 Å². The van der Waals surface area contributed by atoms with Gasteiger partial charge in [-0.15, -0.1) is 0 Å². The summed E-state index contributed by atoms with van der Waals surface area (Å²) >= 11 is 12.7. The quantitative estimate of drug-likeness (QED) is 0.212. The van der Waals surface area contributed by atoms with Gasteiger partial charge in [-0.3, -0.25) is 19.1 Å². The van der Waals surface area contributed by atoms with Crippen molar-refractivity contribution in [3.8, 4) is 11.4 Å². The van der Waals surface area contributed by atoms with Crippen LogP contribution in [0.15, 0.2) is 77.6 Å². The van der Waals surface area contributed by atoms with E-state index in [2.05, 4.69) is 0 Å². The molecule has 0 spiro atoms. The second-order valence-electron chi connectivity index (χ2n) is 8.38. The van der Waals surface area contributed by atoms with Gasteiger partial charge in [-0.25, -0.2) is 4.68 Å². The zero-order valence-electron chi connectivity index (χ0n) is 18.9. The van der Waals surface area contributed by atoms with Crippen LogP contribution in [0.4, 0.5) is 0 Å². The Kier molecular flexibility index (Phi) is 5.87. The molecule has 0 aliphatic carbocycles. The molecule has 1 aliphatic heterocycles. The standard InChI is InChI=1S/C27H20Cl2N2O4/c1-15-22(26(33)31(30(15)2)17-8-4-3-5-9-17)23(18-13-12-16(28)14-20(18)29)24-25(32)19-10-6-7-11-21(19)35-27(24)34/h3-14,23-24H,1-2H3. The molecule has 1 aromatic heterocycles. The molecule has 0 saturated heterocycles. The summed E-state index contributed by atoms with van der Waals surface area (Å²) in [6, 6.07) is 20.5. The van der Waals surface area contributed by atoms with Gasteiger partial charge in [0.2, 0.25) is 0 Å². The van der Waals surface area contributed by atoms with Crippen molar-refractivity contribution in [2.24, 2.45) is 13.0 Å². The minimum Gasteiger partial charge on any atom is -0.425 e. The largest absolute Gasteiger partial charge is 0.425 e. The highest BCUT2D eigenvalue weighted by atomic mass is 35.5. The number of fused-ring (bicyclic) bond motifs is 1. The maximum Gasteiger partial charge on any atom is 0.323 e. The molecule has 0 radical (unpaired) electrons. The highest BCUT2D eigenvalue weighted by Gasteiger charge is 2.46. The van der Waals surface area contributed by atoms with Gasteiger partial charge in [-0.1, -0.05) is 59.6 Å². The molecular formula is C27H20Cl2N2O4. The Bertz CT molecular complexity index is 1540. The van der Waals surface area contributed by atoms with Crippen LogP contribution in [0.5, 0.6) is 5.75 Å². The summed E-state index contributed by atoms with van der Waals surface area (Å²) in [5.74, 6) is -3.26. The molecule has 4 aromatic rings. The van der Waals surface area contributed by atoms with Gasteiger partial charge in [0.15, 0.2) is 5.78 Å². The number of para-hydroxylation sites is 2. The smallest absolute Gasteiger partial charge is 0.323 e. The molecule has 6 nitrogen and oxygen atoms in total. The van der Waals surface area contributed by atoms with E-state index in [1.165, 1.54) is 10.7 Å². The van der Waals surface area contributed by atoms with Crippen LogP contribution in [0.2, 0.25) is 10.0 Å². The molecule has 0 bridgehead atoms. The number of esters is 1. The average molecular weight is 507 g/mol. The lowest BCUT2D eigenvalue weighted by atomic mass is 9.76. The fourth-order valence-corrected chi connectivity index (χ4v) is 5.22. The van der Waals surface area contributed by atoms with E-state index in [0.29, 0.717) is 22.0 Å². The maximum absolute atomic E-state index is 13.9. The number of ether oxygens (including phenoxy) is 1. The summed E-state index contributed by atoms with van der Waals surface area (Å²) in [7, 11) is 1.75. The van der Waals surface area contributed by atoms with Crippen LogP contribution in [0.3, 0.4) is 0 Å². The lowest BCUT2D eigenvalue weighted by molar-refractivity contribution is -0.138. The summed E-state index contributed by atoms with van der Waals surface area (Å²) in [6.07, 6.45) is 0. The summed E-state index contributed by atoms with van der Waals surface area (Å²) in [5, 5.41) is 0.641. The number of aromatic nitrogens is 2. The van der Waals surface area contributed by atoms with Crippen molar-refractivity contribution in [3.63, 3.8) is 0 Å². The molecular weight excluding hydrogens is 487 g/mol. The topological polar surface area (TPSA) is 70.3 Å². The van der Waals surface area contributed by atoms with Gasteiger partial charge >= 0.3 is 5.97 Å². The number of halogens is 2. The van der Waals surface area contributed by atoms with Crippen molar-refractivity contribution in [2.75, 3.05) is 0 Å². The molecule has 0 amide bonds. The predicted molar refractivity (Wildman–Crippen MR) is 134 cm³/mol. The molecule has 0 fully saturated rings. The van der Waals surface area contributed by atoms with Crippen LogP contribution in [-0.2, 0) is 11.8 Å². The number of rotatable bonds is 4. The molecule has 0 N–H and O–H groups in total. The maximum atomic E-state index is 13.9. The highest BCUT2D eigenvalue weighted by Crippen LogP contribution is 2.42. The Hall–Kier alpha value is -3.61. The molecule has 2 unspecified atom stereocenters. The molecule has 176 valence electrons. The Balaban J connectivity index is 1.79. The fourth-order valence-electron chi connectivity index (χ4n) is 4.70. The number of nitrogens with zero attached hydrogens (tertiary/aromatic N) is 2. The highest BCUT2D eigenvalue weighted by molar-refractivity contribution is 6.35. The van der Waals surface area contributed by atoms with E-state index in [9.17, 15) is 14.4 Å². The summed E-state index contributed by atoms with van der Waals surface area (Å²) in [5.41, 5.74) is 1.90. The predicted octanol–water partition coefficient (Wildman–Crippen LogP) is 5.34. The minimum absolute atomic E-state index is 0.200. The normalized spacial score (nSPS) is 16.1. The number of ketones is 1. The van der Waals surface area contributed by atoms with Crippen LogP contribution in [0.25, 0.3) is 5.69 Å². The van der Waals surface area contributed by atoms with Gasteiger partial charge in [0, 0.05) is 34.3 Å². The number of hydrogen-bond donors (Lipinski definition) is 0. The molecule has 1 aliphatic rings. The number of carbonyl (C=O) groups is 2. The minimum atomic E-state index is -1.30. The summed E-state index contributed by atoms with van der Waals surface area (Å²) in [6.45, 7) is 1.78. The van der Waals surface area contributed by atoms with Crippen molar-refractivity contribution in [2.45, 2.75) is 12.8 Å². The molecule has 2 heterocycles. The Morgan fingerprint density at radius 3 is 2.31 bits per heavy atom. The zero-order valence-corrected chi connectivity index (χ0v) is 20.4. The molecule has 2 atom stereocenters. The molecule has 35 heavy (non-hydrogen) atoms. The van der Waals surface area contributed by atoms with Crippen LogP contribution in [0.1, 0.15) is 33.1 Å². The SMILES string of the molecule is Cc1c(C(c2ccc(Cl)cc2Cl)C2C(=O)Oc3ccccc3C2=O)c(=O)n(-c2ccccc2)n1C. The molecule has 0 saturated carbocycles. The van der Waals surface area contributed by atoms with Crippen molar-refractivity contribution in [3.05, 3.63) is 116 Å². The third kappa shape index (κ3) is 3.79. The van der Waals surface area contributed by atoms with E-state index in [1.54, 1.807) is 55.1 Å². The lowest BCUT2D eigenvalue weighted by Crippen LogP contribution is -2.39. The molecule has 3 aromatic carbocycles. The van der Waals surface area contributed by atoms with Gasteiger partial charge in [-0.2, -0.15) is 0 Å². The van der Waals surface area contributed by atoms with Gasteiger partial charge in [0.25, 0.3) is 5.56 Å². The first-order valence-corrected chi connectivity index (χ1v) is 11.7. The van der Waals surface area contributed by atoms with E-state index >= 15 is 0 Å². The average Bonchev–Trinajstić information content (AvgIpc) is 3.05.